The molecule has 78 valence electrons. The zero-order valence-electron chi connectivity index (χ0n) is 9.32. The van der Waals surface area contributed by atoms with Gasteiger partial charge >= 0.3 is 0 Å². The zero-order valence-corrected chi connectivity index (χ0v) is 10.1. The van der Waals surface area contributed by atoms with Crippen LogP contribution in [0, 0.1) is 13.8 Å². The molecule has 0 heterocycles. The molecule has 0 fully saturated rings. The van der Waals surface area contributed by atoms with Gasteiger partial charge in [-0.2, -0.15) is 0 Å². The third-order valence-corrected chi connectivity index (χ3v) is 2.60. The summed E-state index contributed by atoms with van der Waals surface area (Å²) >= 11 is 6.01. The van der Waals surface area contributed by atoms with E-state index < -0.39 is 0 Å². The molecule has 0 spiro atoms. The molecule has 0 aromatic heterocycles. The largest absolute Gasteiger partial charge is 0.325 e. The van der Waals surface area contributed by atoms with E-state index in [9.17, 15) is 0 Å². The molecule has 0 saturated carbocycles. The third-order valence-electron chi connectivity index (χ3n) is 2.39. The molecule has 0 atom stereocenters. The van der Waals surface area contributed by atoms with Crippen LogP contribution >= 0.6 is 11.6 Å². The van der Waals surface area contributed by atoms with Gasteiger partial charge in [-0.05, 0) is 62.9 Å². The molecule has 0 amide bonds. The fourth-order valence-corrected chi connectivity index (χ4v) is 1.85. The highest BCUT2D eigenvalue weighted by Gasteiger charge is 2.14. The monoisotopic (exact) mass is 211 g/mol. The van der Waals surface area contributed by atoms with Crippen LogP contribution in [0.15, 0.2) is 12.1 Å². The van der Waals surface area contributed by atoms with Crippen LogP contribution in [0.1, 0.15) is 30.5 Å². The molecule has 1 aromatic rings. The molecule has 0 saturated heterocycles. The van der Waals surface area contributed by atoms with Gasteiger partial charge in [0.05, 0.1) is 0 Å². The van der Waals surface area contributed by atoms with Gasteiger partial charge < -0.3 is 5.73 Å². The van der Waals surface area contributed by atoms with Crippen molar-refractivity contribution in [3.63, 3.8) is 0 Å². The lowest BCUT2D eigenvalue weighted by atomic mass is 9.91. The summed E-state index contributed by atoms with van der Waals surface area (Å²) in [5.74, 6) is 0. The Morgan fingerprint density at radius 2 is 1.86 bits per heavy atom. The van der Waals surface area contributed by atoms with E-state index in [1.54, 1.807) is 0 Å². The number of aryl methyl sites for hydroxylation is 1. The van der Waals surface area contributed by atoms with Crippen LogP contribution in [-0.2, 0) is 6.42 Å². The van der Waals surface area contributed by atoms with Crippen LogP contribution in [0.4, 0.5) is 0 Å². The second kappa shape index (κ2) is 3.92. The summed E-state index contributed by atoms with van der Waals surface area (Å²) in [6, 6.07) is 4.00. The van der Waals surface area contributed by atoms with Crippen molar-refractivity contribution < 1.29 is 0 Å². The van der Waals surface area contributed by atoms with E-state index in [1.165, 1.54) is 16.7 Å². The topological polar surface area (TPSA) is 26.0 Å². The van der Waals surface area contributed by atoms with Gasteiger partial charge in [0.15, 0.2) is 0 Å². The quantitative estimate of drug-likeness (QED) is 0.799. The van der Waals surface area contributed by atoms with Gasteiger partial charge in [0.2, 0.25) is 0 Å². The second-order valence-electron chi connectivity index (χ2n) is 4.67. The standard InChI is InChI=1S/C12H18ClN/c1-8-5-11(13)6-10(9(8)2)7-12(3,4)14/h5-6H,7,14H2,1-4H3. The van der Waals surface area contributed by atoms with Crippen LogP contribution in [0.2, 0.25) is 5.02 Å². The van der Waals surface area contributed by atoms with Crippen molar-refractivity contribution in [2.75, 3.05) is 0 Å². The molecule has 0 aliphatic rings. The number of benzene rings is 1. The van der Waals surface area contributed by atoms with E-state index in [4.69, 9.17) is 17.3 Å². The molecular weight excluding hydrogens is 194 g/mol. The van der Waals surface area contributed by atoms with E-state index in [0.717, 1.165) is 11.4 Å². The Morgan fingerprint density at radius 3 is 2.36 bits per heavy atom. The average Bonchev–Trinajstić information content (AvgIpc) is 1.96. The highest BCUT2D eigenvalue weighted by molar-refractivity contribution is 6.30. The lowest BCUT2D eigenvalue weighted by Crippen LogP contribution is -2.34. The van der Waals surface area contributed by atoms with Crippen LogP contribution in [0.5, 0.6) is 0 Å². The maximum absolute atomic E-state index is 6.01. The van der Waals surface area contributed by atoms with Crippen LogP contribution < -0.4 is 5.73 Å². The first-order valence-corrected chi connectivity index (χ1v) is 5.22. The maximum Gasteiger partial charge on any atom is 0.0411 e. The molecule has 2 heteroatoms. The molecule has 0 aliphatic heterocycles. The number of hydrogen-bond acceptors (Lipinski definition) is 1. The molecule has 0 aliphatic carbocycles. The van der Waals surface area contributed by atoms with Crippen LogP contribution in [0.25, 0.3) is 0 Å². The van der Waals surface area contributed by atoms with Crippen molar-refractivity contribution in [1.29, 1.82) is 0 Å². The first-order valence-electron chi connectivity index (χ1n) is 4.84. The van der Waals surface area contributed by atoms with Crippen LogP contribution in [-0.4, -0.2) is 5.54 Å². The molecule has 2 N–H and O–H groups in total. The molecule has 0 bridgehead atoms. The van der Waals surface area contributed by atoms with Crippen molar-refractivity contribution in [2.45, 2.75) is 39.7 Å². The van der Waals surface area contributed by atoms with Gasteiger partial charge in [0.1, 0.15) is 0 Å². The summed E-state index contributed by atoms with van der Waals surface area (Å²) in [5, 5.41) is 0.798. The molecule has 1 nitrogen and oxygen atoms in total. The fourth-order valence-electron chi connectivity index (χ4n) is 1.56. The van der Waals surface area contributed by atoms with Gasteiger partial charge in [-0.1, -0.05) is 11.6 Å². The van der Waals surface area contributed by atoms with Crippen molar-refractivity contribution in [1.82, 2.24) is 0 Å². The van der Waals surface area contributed by atoms with E-state index in [0.29, 0.717) is 0 Å². The van der Waals surface area contributed by atoms with Crippen molar-refractivity contribution in [3.8, 4) is 0 Å². The second-order valence-corrected chi connectivity index (χ2v) is 5.11. The molecule has 0 unspecified atom stereocenters. The van der Waals surface area contributed by atoms with E-state index in [1.807, 2.05) is 26.0 Å². The van der Waals surface area contributed by atoms with Gasteiger partial charge in [0.25, 0.3) is 0 Å². The summed E-state index contributed by atoms with van der Waals surface area (Å²) in [7, 11) is 0. The van der Waals surface area contributed by atoms with Gasteiger partial charge in [-0.25, -0.2) is 0 Å². The molecule has 1 aromatic carbocycles. The van der Waals surface area contributed by atoms with Crippen molar-refractivity contribution in [3.05, 3.63) is 33.8 Å². The lowest BCUT2D eigenvalue weighted by molar-refractivity contribution is 0.515. The smallest absolute Gasteiger partial charge is 0.0411 e. The minimum atomic E-state index is -0.179. The number of halogens is 1. The molecule has 14 heavy (non-hydrogen) atoms. The van der Waals surface area contributed by atoms with E-state index in [-0.39, 0.29) is 5.54 Å². The van der Waals surface area contributed by atoms with E-state index in [2.05, 4.69) is 13.8 Å². The summed E-state index contributed by atoms with van der Waals surface area (Å²) in [6.45, 7) is 8.26. The summed E-state index contributed by atoms with van der Waals surface area (Å²) in [4.78, 5) is 0. The number of rotatable bonds is 2. The Kier molecular flexibility index (Phi) is 3.23. The summed E-state index contributed by atoms with van der Waals surface area (Å²) < 4.78 is 0. The lowest BCUT2D eigenvalue weighted by Gasteiger charge is -2.20. The van der Waals surface area contributed by atoms with Gasteiger partial charge in [-0.15, -0.1) is 0 Å². The zero-order chi connectivity index (χ0) is 10.9. The Labute approximate surface area is 91.3 Å². The van der Waals surface area contributed by atoms with Gasteiger partial charge in [-0.3, -0.25) is 0 Å². The first-order chi connectivity index (χ1) is 6.29. The number of nitrogens with two attached hydrogens (primary N) is 1. The molecule has 1 rings (SSSR count). The Bertz CT molecular complexity index is 337. The Balaban J connectivity index is 3.09. The predicted octanol–water partition coefficient (Wildman–Crippen LogP) is 3.24. The van der Waals surface area contributed by atoms with Crippen molar-refractivity contribution in [2.24, 2.45) is 5.73 Å². The normalized spacial score (nSPS) is 11.9. The fraction of sp³-hybridized carbons (Fsp3) is 0.500. The number of hydrogen-bond donors (Lipinski definition) is 1. The van der Waals surface area contributed by atoms with Gasteiger partial charge in [0, 0.05) is 10.6 Å². The van der Waals surface area contributed by atoms with Crippen LogP contribution in [0.3, 0.4) is 0 Å². The molecular formula is C12H18ClN. The predicted molar refractivity (Wildman–Crippen MR) is 62.9 cm³/mol. The average molecular weight is 212 g/mol. The maximum atomic E-state index is 6.01. The Morgan fingerprint density at radius 1 is 1.29 bits per heavy atom. The highest BCUT2D eigenvalue weighted by Crippen LogP contribution is 2.22. The SMILES string of the molecule is Cc1cc(Cl)cc(CC(C)(C)N)c1C. The summed E-state index contributed by atoms with van der Waals surface area (Å²) in [6.07, 6.45) is 0.861. The minimum Gasteiger partial charge on any atom is -0.325 e. The third kappa shape index (κ3) is 3.00. The van der Waals surface area contributed by atoms with E-state index >= 15 is 0 Å². The Hall–Kier alpha value is -0.530. The summed E-state index contributed by atoms with van der Waals surface area (Å²) in [5.41, 5.74) is 9.60. The van der Waals surface area contributed by atoms with Crippen molar-refractivity contribution >= 4 is 11.6 Å². The minimum absolute atomic E-state index is 0.179. The highest BCUT2D eigenvalue weighted by atomic mass is 35.5. The molecule has 0 radical (unpaired) electrons. The first kappa shape index (κ1) is 11.5.